The van der Waals surface area contributed by atoms with Crippen LogP contribution >= 0.6 is 15.6 Å². The van der Waals surface area contributed by atoms with Gasteiger partial charge in [-0.25, -0.2) is 24.1 Å². The Morgan fingerprint density at radius 2 is 1.61 bits per heavy atom. The molecule has 38 heavy (non-hydrogen) atoms. The maximum atomic E-state index is 12.3. The molecule has 0 aliphatic carbocycles. The van der Waals surface area contributed by atoms with Gasteiger partial charge >= 0.3 is 15.6 Å². The van der Waals surface area contributed by atoms with Crippen molar-refractivity contribution in [2.45, 2.75) is 55.2 Å². The second-order valence-corrected chi connectivity index (χ2v) is 11.2. The Morgan fingerprint density at radius 3 is 2.29 bits per heavy atom. The largest absolute Gasteiger partial charge is 0.483 e. The average molecular weight is 589 g/mol. The fourth-order valence-corrected chi connectivity index (χ4v) is 5.94. The Hall–Kier alpha value is -1.71. The monoisotopic (exact) mass is 589 g/mol. The minimum Gasteiger partial charge on any atom is -0.394 e. The van der Waals surface area contributed by atoms with Crippen molar-refractivity contribution < 1.29 is 72.4 Å². The quantitative estimate of drug-likeness (QED) is 0.126. The summed E-state index contributed by atoms with van der Waals surface area (Å²) >= 11 is 0. The number of hydrogen-bond donors (Lipinski definition) is 9. The van der Waals surface area contributed by atoms with Crippen molar-refractivity contribution in [1.29, 1.82) is 0 Å². The van der Waals surface area contributed by atoms with E-state index in [0.29, 0.717) is 0 Å². The Morgan fingerprint density at radius 1 is 0.921 bits per heavy atom. The van der Waals surface area contributed by atoms with Gasteiger partial charge in [-0.1, -0.05) is 0 Å². The molecular weight excluding hydrogens is 564 g/mol. The SMILES string of the molecule is Nc1ncnc2c1ncn2[C@@H]1O[C@H](COP(=O)(O)OP(=O)(O)O[C@H]2O[C@@H](CO)[C@H](O)[C@@H](O)[C@@H]2O)[C@@H](O)[C@H]1O. The van der Waals surface area contributed by atoms with Crippen LogP contribution in [-0.2, 0) is 32.0 Å². The number of rotatable bonds is 9. The van der Waals surface area contributed by atoms with E-state index in [1.54, 1.807) is 0 Å². The van der Waals surface area contributed by atoms with E-state index >= 15 is 0 Å². The summed E-state index contributed by atoms with van der Waals surface area (Å²) in [7, 11) is -11.0. The third-order valence-electron chi connectivity index (χ3n) is 5.69. The number of phosphoric acid groups is 2. The summed E-state index contributed by atoms with van der Waals surface area (Å²) in [5, 5.41) is 59.2. The number of phosphoric ester groups is 2. The van der Waals surface area contributed by atoms with E-state index in [0.717, 1.165) is 6.33 Å². The van der Waals surface area contributed by atoms with Crippen molar-refractivity contribution in [2.75, 3.05) is 18.9 Å². The zero-order valence-corrected chi connectivity index (χ0v) is 20.7. The molecule has 214 valence electrons. The molecule has 2 unspecified atom stereocenters. The zero-order chi connectivity index (χ0) is 28.0. The molecule has 2 aromatic rings. The minimum absolute atomic E-state index is 0.0411. The molecule has 4 heterocycles. The van der Waals surface area contributed by atoms with E-state index in [2.05, 4.69) is 28.3 Å². The predicted molar refractivity (Wildman–Crippen MR) is 117 cm³/mol. The zero-order valence-electron chi connectivity index (χ0n) is 19.0. The average Bonchev–Trinajstić information content (AvgIpc) is 3.39. The molecule has 11 atom stereocenters. The van der Waals surface area contributed by atoms with Crippen molar-refractivity contribution in [3.8, 4) is 0 Å². The second-order valence-electron chi connectivity index (χ2n) is 8.25. The number of hydrogen-bond acceptors (Lipinski definition) is 17. The number of anilines is 1. The molecule has 0 saturated carbocycles. The van der Waals surface area contributed by atoms with Crippen LogP contribution in [0.25, 0.3) is 11.2 Å². The van der Waals surface area contributed by atoms with Gasteiger partial charge in [-0.2, -0.15) is 4.31 Å². The summed E-state index contributed by atoms with van der Waals surface area (Å²) in [5.41, 5.74) is 6.05. The van der Waals surface area contributed by atoms with Crippen molar-refractivity contribution >= 4 is 32.6 Å². The molecule has 2 aliphatic heterocycles. The number of ether oxygens (including phenoxy) is 2. The molecule has 2 aliphatic rings. The van der Waals surface area contributed by atoms with E-state index in [1.807, 2.05) is 0 Å². The number of fused-ring (bicyclic) bond motifs is 1. The third kappa shape index (κ3) is 5.89. The highest BCUT2D eigenvalue weighted by atomic mass is 31.3. The molecule has 2 saturated heterocycles. The van der Waals surface area contributed by atoms with Gasteiger partial charge in [-0.15, -0.1) is 0 Å². The second kappa shape index (κ2) is 11.0. The van der Waals surface area contributed by atoms with Gasteiger partial charge in [-0.3, -0.25) is 13.6 Å². The summed E-state index contributed by atoms with van der Waals surface area (Å²) in [5.74, 6) is 0.0411. The van der Waals surface area contributed by atoms with Gasteiger partial charge in [-0.05, 0) is 0 Å². The van der Waals surface area contributed by atoms with Crippen LogP contribution in [0.15, 0.2) is 12.7 Å². The van der Waals surface area contributed by atoms with E-state index < -0.39 is 84.1 Å². The number of nitrogens with zero attached hydrogens (tertiary/aromatic N) is 4. The third-order valence-corrected chi connectivity index (χ3v) is 8.29. The van der Waals surface area contributed by atoms with Crippen LogP contribution in [0.5, 0.6) is 0 Å². The number of aliphatic hydroxyl groups excluding tert-OH is 6. The molecule has 2 fully saturated rings. The van der Waals surface area contributed by atoms with Gasteiger partial charge in [0.2, 0.25) is 0 Å². The van der Waals surface area contributed by atoms with Crippen molar-refractivity contribution in [3.63, 3.8) is 0 Å². The summed E-state index contributed by atoms with van der Waals surface area (Å²) < 4.78 is 49.3. The molecule has 0 radical (unpaired) electrons. The molecule has 0 bridgehead atoms. The Labute approximate surface area is 212 Å². The maximum Gasteiger partial charge on any atom is 0.483 e. The predicted octanol–water partition coefficient (Wildman–Crippen LogP) is -3.92. The molecular formula is C16H25N5O15P2. The lowest BCUT2D eigenvalue weighted by atomic mass is 10.00. The molecule has 10 N–H and O–H groups in total. The van der Waals surface area contributed by atoms with Crippen molar-refractivity contribution in [2.24, 2.45) is 0 Å². The van der Waals surface area contributed by atoms with Gasteiger partial charge in [0.25, 0.3) is 0 Å². The normalized spacial score (nSPS) is 37.2. The van der Waals surface area contributed by atoms with E-state index in [4.69, 9.17) is 20.3 Å². The molecule has 0 amide bonds. The molecule has 4 rings (SSSR count). The van der Waals surface area contributed by atoms with E-state index in [1.165, 1.54) is 10.9 Å². The first-order valence-corrected chi connectivity index (χ1v) is 13.7. The van der Waals surface area contributed by atoms with Gasteiger partial charge in [0.15, 0.2) is 24.0 Å². The van der Waals surface area contributed by atoms with Crippen LogP contribution in [0.1, 0.15) is 6.23 Å². The molecule has 20 nitrogen and oxygen atoms in total. The van der Waals surface area contributed by atoms with Gasteiger partial charge in [0.1, 0.15) is 54.6 Å². The lowest BCUT2D eigenvalue weighted by molar-refractivity contribution is -0.280. The Balaban J connectivity index is 1.38. The van der Waals surface area contributed by atoms with Crippen LogP contribution < -0.4 is 5.73 Å². The van der Waals surface area contributed by atoms with Crippen LogP contribution in [-0.4, -0.2) is 122 Å². The summed E-state index contributed by atoms with van der Waals surface area (Å²) in [6.07, 6.45) is -13.3. The fourth-order valence-electron chi connectivity index (χ4n) is 3.78. The van der Waals surface area contributed by atoms with Crippen LogP contribution in [0.3, 0.4) is 0 Å². The number of imidazole rings is 1. The Kier molecular flexibility index (Phi) is 8.51. The lowest BCUT2D eigenvalue weighted by Crippen LogP contribution is -2.58. The van der Waals surface area contributed by atoms with Crippen LogP contribution in [0, 0.1) is 0 Å². The topological polar surface area (TPSA) is 312 Å². The number of aromatic nitrogens is 4. The number of nitrogen functional groups attached to an aromatic ring is 1. The summed E-state index contributed by atoms with van der Waals surface area (Å²) in [6, 6.07) is 0. The molecule has 0 spiro atoms. The Bertz CT molecular complexity index is 1230. The van der Waals surface area contributed by atoms with Crippen LogP contribution in [0.2, 0.25) is 0 Å². The highest BCUT2D eigenvalue weighted by molar-refractivity contribution is 7.61. The smallest absolute Gasteiger partial charge is 0.394 e. The first-order valence-electron chi connectivity index (χ1n) is 10.7. The summed E-state index contributed by atoms with van der Waals surface area (Å²) in [4.78, 5) is 31.5. The first-order chi connectivity index (χ1) is 17.7. The van der Waals surface area contributed by atoms with E-state index in [-0.39, 0.29) is 17.0 Å². The van der Waals surface area contributed by atoms with Gasteiger partial charge < -0.3 is 55.6 Å². The van der Waals surface area contributed by atoms with Crippen LogP contribution in [0.4, 0.5) is 5.82 Å². The summed E-state index contributed by atoms with van der Waals surface area (Å²) in [6.45, 7) is -1.82. The molecule has 22 heteroatoms. The standard InChI is InChI=1S/C16H25N5O15P2/c17-13-7-14(19-3-18-13)21(4-20-7)15-11(26)9(24)6(33-15)2-32-37(28,29)36-38(30,31)35-16-12(27)10(25)8(23)5(1-22)34-16/h3-6,8-12,15-16,22-27H,1-2H2,(H,28,29)(H,30,31)(H2,17,18,19)/t5-,6+,8-,9+,10+,11+,12-,15+,16+/m0/s1. The fraction of sp³-hybridized carbons (Fsp3) is 0.688. The number of nitrogens with two attached hydrogens (primary N) is 1. The highest BCUT2D eigenvalue weighted by Gasteiger charge is 2.49. The van der Waals surface area contributed by atoms with E-state index in [9.17, 15) is 44.4 Å². The molecule has 0 aromatic carbocycles. The lowest BCUT2D eigenvalue weighted by Gasteiger charge is -2.39. The van der Waals surface area contributed by atoms with Crippen molar-refractivity contribution in [3.05, 3.63) is 12.7 Å². The van der Waals surface area contributed by atoms with Gasteiger partial charge in [0.05, 0.1) is 19.5 Å². The number of aliphatic hydroxyl groups is 6. The maximum absolute atomic E-state index is 12.3. The first kappa shape index (κ1) is 29.3. The van der Waals surface area contributed by atoms with Gasteiger partial charge in [0, 0.05) is 0 Å². The minimum atomic E-state index is -5.56. The highest BCUT2D eigenvalue weighted by Crippen LogP contribution is 2.61. The molecule has 2 aromatic heterocycles. The van der Waals surface area contributed by atoms with Crippen molar-refractivity contribution in [1.82, 2.24) is 19.5 Å².